The molecule has 1 unspecified atom stereocenters. The van der Waals surface area contributed by atoms with Gasteiger partial charge in [0.25, 0.3) is 0 Å². The van der Waals surface area contributed by atoms with Crippen LogP contribution >= 0.6 is 23.1 Å². The van der Waals surface area contributed by atoms with Crippen LogP contribution in [0.3, 0.4) is 0 Å². The summed E-state index contributed by atoms with van der Waals surface area (Å²) < 4.78 is 0.816. The number of anilines is 2. The van der Waals surface area contributed by atoms with Crippen LogP contribution in [0, 0.1) is 0 Å². The van der Waals surface area contributed by atoms with E-state index in [2.05, 4.69) is 15.5 Å². The van der Waals surface area contributed by atoms with Crippen molar-refractivity contribution in [3.05, 3.63) is 30.3 Å². The van der Waals surface area contributed by atoms with Crippen molar-refractivity contribution in [3.63, 3.8) is 0 Å². The van der Waals surface area contributed by atoms with E-state index in [1.807, 2.05) is 49.2 Å². The molecule has 1 amide bonds. The minimum Gasteiger partial charge on any atom is -0.342 e. The number of benzene rings is 1. The van der Waals surface area contributed by atoms with Crippen molar-refractivity contribution in [1.82, 2.24) is 15.1 Å². The molecule has 2 aromatic rings. The zero-order valence-electron chi connectivity index (χ0n) is 14.6. The highest BCUT2D eigenvalue weighted by Gasteiger charge is 2.26. The van der Waals surface area contributed by atoms with Crippen LogP contribution in [0.5, 0.6) is 0 Å². The highest BCUT2D eigenvalue weighted by molar-refractivity contribution is 8.02. The van der Waals surface area contributed by atoms with Crippen LogP contribution in [0.1, 0.15) is 39.0 Å². The van der Waals surface area contributed by atoms with E-state index in [-0.39, 0.29) is 11.2 Å². The van der Waals surface area contributed by atoms with Crippen LogP contribution in [-0.2, 0) is 4.79 Å². The summed E-state index contributed by atoms with van der Waals surface area (Å²) in [5, 5.41) is 12.2. The molecule has 1 saturated carbocycles. The molecule has 134 valence electrons. The Kier molecular flexibility index (Phi) is 6.31. The minimum absolute atomic E-state index is 0.149. The van der Waals surface area contributed by atoms with Crippen LogP contribution in [0.25, 0.3) is 0 Å². The maximum Gasteiger partial charge on any atom is 0.235 e. The van der Waals surface area contributed by atoms with Gasteiger partial charge in [0.1, 0.15) is 0 Å². The summed E-state index contributed by atoms with van der Waals surface area (Å²) in [6.07, 6.45) is 6.02. The van der Waals surface area contributed by atoms with E-state index in [0.717, 1.165) is 28.0 Å². The lowest BCUT2D eigenvalue weighted by Crippen LogP contribution is -2.42. The molecular formula is C18H24N4OS2. The fourth-order valence-corrected chi connectivity index (χ4v) is 5.11. The molecule has 1 N–H and O–H groups in total. The molecule has 0 radical (unpaired) electrons. The standard InChI is InChI=1S/C18H24N4OS2/c1-13(16(23)22(2)15-11-7-4-8-12-15)24-18-21-20-17(25-18)19-14-9-5-3-6-10-14/h3,5-6,9-10,13,15H,4,7-8,11-12H2,1-2H3,(H,19,20). The molecule has 7 heteroatoms. The van der Waals surface area contributed by atoms with Gasteiger partial charge in [-0.2, -0.15) is 0 Å². The Morgan fingerprint density at radius 2 is 1.96 bits per heavy atom. The predicted molar refractivity (Wildman–Crippen MR) is 105 cm³/mol. The van der Waals surface area contributed by atoms with Crippen molar-refractivity contribution in [2.75, 3.05) is 12.4 Å². The summed E-state index contributed by atoms with van der Waals surface area (Å²) >= 11 is 2.97. The number of carbonyl (C=O) groups is 1. The first-order valence-electron chi connectivity index (χ1n) is 8.72. The number of para-hydroxylation sites is 1. The van der Waals surface area contributed by atoms with Crippen LogP contribution in [-0.4, -0.2) is 39.3 Å². The summed E-state index contributed by atoms with van der Waals surface area (Å²) in [5.74, 6) is 0.185. The number of amides is 1. The van der Waals surface area contributed by atoms with Gasteiger partial charge in [-0.15, -0.1) is 10.2 Å². The average Bonchev–Trinajstić information content (AvgIpc) is 3.08. The first-order valence-corrected chi connectivity index (χ1v) is 10.4. The third kappa shape index (κ3) is 4.95. The molecule has 0 saturated heterocycles. The molecule has 1 atom stereocenters. The third-order valence-electron chi connectivity index (χ3n) is 4.53. The van der Waals surface area contributed by atoms with E-state index in [9.17, 15) is 4.79 Å². The van der Waals surface area contributed by atoms with Crippen molar-refractivity contribution in [3.8, 4) is 0 Å². The summed E-state index contributed by atoms with van der Waals surface area (Å²) in [5.41, 5.74) is 0.983. The quantitative estimate of drug-likeness (QED) is 0.749. The van der Waals surface area contributed by atoms with Crippen LogP contribution < -0.4 is 5.32 Å². The number of hydrogen-bond donors (Lipinski definition) is 1. The third-order valence-corrected chi connectivity index (χ3v) is 6.54. The Hall–Kier alpha value is -1.60. The molecule has 1 heterocycles. The number of aromatic nitrogens is 2. The van der Waals surface area contributed by atoms with Crippen molar-refractivity contribution in [1.29, 1.82) is 0 Å². The monoisotopic (exact) mass is 376 g/mol. The Balaban J connectivity index is 1.55. The van der Waals surface area contributed by atoms with E-state index in [1.54, 1.807) is 0 Å². The molecular weight excluding hydrogens is 352 g/mol. The molecule has 0 aliphatic heterocycles. The molecule has 0 spiro atoms. The van der Waals surface area contributed by atoms with Gasteiger partial charge in [-0.3, -0.25) is 4.79 Å². The van der Waals surface area contributed by atoms with Crippen molar-refractivity contribution >= 4 is 39.8 Å². The van der Waals surface area contributed by atoms with Crippen molar-refractivity contribution < 1.29 is 4.79 Å². The van der Waals surface area contributed by atoms with Gasteiger partial charge >= 0.3 is 0 Å². The van der Waals surface area contributed by atoms with Crippen molar-refractivity contribution in [2.24, 2.45) is 0 Å². The normalized spacial score (nSPS) is 16.4. The first-order chi connectivity index (χ1) is 12.1. The first kappa shape index (κ1) is 18.2. The molecule has 1 aromatic heterocycles. The molecule has 25 heavy (non-hydrogen) atoms. The van der Waals surface area contributed by atoms with Crippen molar-refractivity contribution in [2.45, 2.75) is 54.7 Å². The Bertz CT molecular complexity index is 685. The Labute approximate surface area is 157 Å². The lowest BCUT2D eigenvalue weighted by atomic mass is 9.94. The molecule has 1 aliphatic rings. The molecule has 1 fully saturated rings. The molecule has 5 nitrogen and oxygen atoms in total. The second-order valence-electron chi connectivity index (χ2n) is 6.37. The second kappa shape index (κ2) is 8.67. The van der Waals surface area contributed by atoms with Gasteiger partial charge in [0, 0.05) is 18.8 Å². The van der Waals surface area contributed by atoms with Gasteiger partial charge in [0.2, 0.25) is 11.0 Å². The Morgan fingerprint density at radius 1 is 1.24 bits per heavy atom. The van der Waals surface area contributed by atoms with Gasteiger partial charge in [-0.1, -0.05) is 60.6 Å². The predicted octanol–water partition coefficient (Wildman–Crippen LogP) is 4.55. The van der Waals surface area contributed by atoms with Crippen LogP contribution in [0.4, 0.5) is 10.8 Å². The van der Waals surface area contributed by atoms with E-state index in [0.29, 0.717) is 6.04 Å². The van der Waals surface area contributed by atoms with Crippen LogP contribution in [0.15, 0.2) is 34.7 Å². The van der Waals surface area contributed by atoms with Gasteiger partial charge in [-0.05, 0) is 31.9 Å². The van der Waals surface area contributed by atoms with E-state index in [1.165, 1.54) is 42.4 Å². The number of rotatable bonds is 6. The summed E-state index contributed by atoms with van der Waals surface area (Å²) in [6, 6.07) is 10.3. The highest BCUT2D eigenvalue weighted by Crippen LogP contribution is 2.32. The molecule has 1 aromatic carbocycles. The summed E-state index contributed by atoms with van der Waals surface area (Å²) in [6.45, 7) is 1.96. The Morgan fingerprint density at radius 3 is 2.68 bits per heavy atom. The second-order valence-corrected chi connectivity index (χ2v) is 8.93. The maximum absolute atomic E-state index is 12.7. The summed E-state index contributed by atoms with van der Waals surface area (Å²) in [7, 11) is 1.94. The zero-order valence-corrected chi connectivity index (χ0v) is 16.3. The van der Waals surface area contributed by atoms with E-state index >= 15 is 0 Å². The number of carbonyl (C=O) groups excluding carboxylic acids is 1. The fraction of sp³-hybridized carbons (Fsp3) is 0.500. The van der Waals surface area contributed by atoms with Gasteiger partial charge in [0.15, 0.2) is 4.34 Å². The number of nitrogens with one attached hydrogen (secondary N) is 1. The van der Waals surface area contributed by atoms with E-state index < -0.39 is 0 Å². The number of nitrogens with zero attached hydrogens (tertiary/aromatic N) is 3. The zero-order chi connectivity index (χ0) is 17.6. The number of hydrogen-bond acceptors (Lipinski definition) is 6. The minimum atomic E-state index is -0.149. The van der Waals surface area contributed by atoms with Crippen LogP contribution in [0.2, 0.25) is 0 Å². The lowest BCUT2D eigenvalue weighted by molar-refractivity contribution is -0.131. The van der Waals surface area contributed by atoms with Gasteiger partial charge < -0.3 is 10.2 Å². The van der Waals surface area contributed by atoms with Gasteiger partial charge in [-0.25, -0.2) is 0 Å². The largest absolute Gasteiger partial charge is 0.342 e. The topological polar surface area (TPSA) is 58.1 Å². The smallest absolute Gasteiger partial charge is 0.235 e. The fourth-order valence-electron chi connectivity index (χ4n) is 3.09. The van der Waals surface area contributed by atoms with Gasteiger partial charge in [0.05, 0.1) is 5.25 Å². The SMILES string of the molecule is CC(Sc1nnc(Nc2ccccc2)s1)C(=O)N(C)C1CCCCC1. The lowest BCUT2D eigenvalue weighted by Gasteiger charge is -2.32. The molecule has 0 bridgehead atoms. The molecule has 1 aliphatic carbocycles. The highest BCUT2D eigenvalue weighted by atomic mass is 32.2. The maximum atomic E-state index is 12.7. The summed E-state index contributed by atoms with van der Waals surface area (Å²) in [4.78, 5) is 14.6. The van der Waals surface area contributed by atoms with E-state index in [4.69, 9.17) is 0 Å². The average molecular weight is 377 g/mol. The number of thioether (sulfide) groups is 1. The molecule has 3 rings (SSSR count).